The van der Waals surface area contributed by atoms with Gasteiger partial charge in [0, 0.05) is 19.3 Å². The molecule has 0 unspecified atom stereocenters. The highest BCUT2D eigenvalue weighted by Gasteiger charge is 2.17. The van der Waals surface area contributed by atoms with E-state index >= 15 is 0 Å². The first-order valence-corrected chi connectivity index (χ1v) is 4.86. The maximum atomic E-state index is 5.78. The van der Waals surface area contributed by atoms with E-state index in [1.807, 2.05) is 6.20 Å². The van der Waals surface area contributed by atoms with Crippen LogP contribution in [0.2, 0.25) is 0 Å². The Labute approximate surface area is 78.9 Å². The minimum atomic E-state index is 0.619. The van der Waals surface area contributed by atoms with Gasteiger partial charge in [-0.15, -0.1) is 0 Å². The third kappa shape index (κ3) is 0.882. The van der Waals surface area contributed by atoms with Crippen molar-refractivity contribution in [1.29, 1.82) is 0 Å². The second kappa shape index (κ2) is 2.40. The molecule has 2 aromatic heterocycles. The lowest BCUT2D eigenvalue weighted by Crippen LogP contribution is -2.00. The minimum Gasteiger partial charge on any atom is -0.382 e. The molecular weight excluding hydrogens is 184 g/mol. The van der Waals surface area contributed by atoms with Crippen LogP contribution < -0.4 is 11.1 Å². The van der Waals surface area contributed by atoms with Gasteiger partial charge in [0.15, 0.2) is 0 Å². The number of rotatable bonds is 0. The van der Waals surface area contributed by atoms with Crippen LogP contribution in [0.3, 0.4) is 0 Å². The van der Waals surface area contributed by atoms with Crippen LogP contribution >= 0.6 is 11.5 Å². The number of nitrogens with zero attached hydrogens (tertiary/aromatic N) is 2. The van der Waals surface area contributed by atoms with Crippen molar-refractivity contribution in [1.82, 2.24) is 14.7 Å². The fraction of sp³-hybridized carbons (Fsp3) is 0.250. The molecule has 0 fully saturated rings. The molecule has 0 atom stereocenters. The molecule has 3 N–H and O–H groups in total. The third-order valence-electron chi connectivity index (χ3n) is 2.34. The summed E-state index contributed by atoms with van der Waals surface area (Å²) in [6, 6.07) is 0. The molecule has 3 rings (SSSR count). The highest BCUT2D eigenvalue weighted by atomic mass is 32.1. The molecule has 1 aliphatic rings. The van der Waals surface area contributed by atoms with Crippen LogP contribution in [0, 0.1) is 0 Å². The second-order valence-electron chi connectivity index (χ2n) is 3.11. The van der Waals surface area contributed by atoms with Crippen molar-refractivity contribution >= 4 is 27.6 Å². The molecule has 5 heteroatoms. The van der Waals surface area contributed by atoms with E-state index < -0.39 is 0 Å². The van der Waals surface area contributed by atoms with E-state index in [4.69, 9.17) is 5.73 Å². The van der Waals surface area contributed by atoms with Gasteiger partial charge in [-0.05, 0) is 22.7 Å². The molecule has 4 nitrogen and oxygen atoms in total. The lowest BCUT2D eigenvalue weighted by atomic mass is 10.1. The molecular formula is C8H8N4S. The maximum absolute atomic E-state index is 5.78. The predicted octanol–water partition coefficient (Wildman–Crippen LogP) is 0.877. The molecule has 66 valence electrons. The lowest BCUT2D eigenvalue weighted by molar-refractivity contribution is 0.765. The van der Waals surface area contributed by atoms with E-state index in [9.17, 15) is 0 Å². The third-order valence-corrected chi connectivity index (χ3v) is 3.12. The van der Waals surface area contributed by atoms with Gasteiger partial charge in [0.25, 0.3) is 0 Å². The molecule has 0 aromatic carbocycles. The number of hydrogen-bond donors (Lipinski definition) is 2. The number of pyridine rings is 1. The zero-order valence-corrected chi connectivity index (χ0v) is 7.69. The van der Waals surface area contributed by atoms with Gasteiger partial charge in [-0.1, -0.05) is 0 Å². The quantitative estimate of drug-likeness (QED) is 0.650. The number of anilines is 1. The monoisotopic (exact) mass is 192 g/mol. The van der Waals surface area contributed by atoms with Gasteiger partial charge < -0.3 is 11.1 Å². The Balaban J connectivity index is 2.47. The summed E-state index contributed by atoms with van der Waals surface area (Å²) in [6.07, 6.45) is 1.91. The summed E-state index contributed by atoms with van der Waals surface area (Å²) in [5.74, 6) is 0.619. The van der Waals surface area contributed by atoms with Gasteiger partial charge in [0.2, 0.25) is 0 Å². The fourth-order valence-electron chi connectivity index (χ4n) is 1.72. The number of hydrogen-bond acceptors (Lipinski definition) is 5. The topological polar surface area (TPSA) is 63.8 Å². The van der Waals surface area contributed by atoms with Crippen LogP contribution in [-0.2, 0) is 13.1 Å². The standard InChI is InChI=1S/C8H8N4S/c9-7-6-5-3-10-1-4(5)2-11-8(6)13-12-7/h2,10H,1,3H2,(H2,9,12). The molecule has 0 saturated heterocycles. The van der Waals surface area contributed by atoms with Crippen molar-refractivity contribution in [2.75, 3.05) is 5.73 Å². The molecule has 0 aliphatic carbocycles. The van der Waals surface area contributed by atoms with E-state index in [2.05, 4.69) is 14.7 Å². The average Bonchev–Trinajstić information content (AvgIpc) is 2.70. The molecule has 0 saturated carbocycles. The summed E-state index contributed by atoms with van der Waals surface area (Å²) in [4.78, 5) is 5.25. The Bertz CT molecular complexity index is 476. The van der Waals surface area contributed by atoms with E-state index in [0.29, 0.717) is 5.82 Å². The summed E-state index contributed by atoms with van der Waals surface area (Å²) in [5.41, 5.74) is 8.30. The average molecular weight is 192 g/mol. The first kappa shape index (κ1) is 7.23. The van der Waals surface area contributed by atoms with Crippen molar-refractivity contribution in [2.45, 2.75) is 13.1 Å². The van der Waals surface area contributed by atoms with Gasteiger partial charge in [-0.25, -0.2) is 4.98 Å². The summed E-state index contributed by atoms with van der Waals surface area (Å²) >= 11 is 1.37. The van der Waals surface area contributed by atoms with E-state index in [1.54, 1.807) is 0 Å². The number of aromatic nitrogens is 2. The normalized spacial score (nSPS) is 15.1. The largest absolute Gasteiger partial charge is 0.382 e. The predicted molar refractivity (Wildman–Crippen MR) is 52.4 cm³/mol. The molecule has 0 bridgehead atoms. The van der Waals surface area contributed by atoms with Crippen molar-refractivity contribution in [2.24, 2.45) is 0 Å². The van der Waals surface area contributed by atoms with Crippen LogP contribution in [0.1, 0.15) is 11.1 Å². The maximum Gasteiger partial charge on any atom is 0.147 e. The zero-order valence-electron chi connectivity index (χ0n) is 6.87. The van der Waals surface area contributed by atoms with Crippen molar-refractivity contribution in [3.8, 4) is 0 Å². The molecule has 0 amide bonds. The van der Waals surface area contributed by atoms with Crippen LogP contribution in [0.15, 0.2) is 6.20 Å². The number of nitrogens with one attached hydrogen (secondary N) is 1. The van der Waals surface area contributed by atoms with Crippen LogP contribution in [0.25, 0.3) is 10.2 Å². The van der Waals surface area contributed by atoms with Crippen molar-refractivity contribution in [3.63, 3.8) is 0 Å². The van der Waals surface area contributed by atoms with Crippen LogP contribution in [0.5, 0.6) is 0 Å². The SMILES string of the molecule is Nc1nsc2ncc3c(c12)CNC3. The summed E-state index contributed by atoms with van der Waals surface area (Å²) in [5, 5.41) is 4.33. The molecule has 1 aliphatic heterocycles. The Morgan fingerprint density at radius 1 is 1.46 bits per heavy atom. The number of nitrogen functional groups attached to an aromatic ring is 1. The fourth-order valence-corrected chi connectivity index (χ4v) is 2.41. The van der Waals surface area contributed by atoms with Crippen LogP contribution in [0.4, 0.5) is 5.82 Å². The summed E-state index contributed by atoms with van der Waals surface area (Å²) in [7, 11) is 0. The molecule has 13 heavy (non-hydrogen) atoms. The van der Waals surface area contributed by atoms with Crippen LogP contribution in [-0.4, -0.2) is 9.36 Å². The Morgan fingerprint density at radius 3 is 3.31 bits per heavy atom. The van der Waals surface area contributed by atoms with E-state index in [-0.39, 0.29) is 0 Å². The molecule has 0 spiro atoms. The van der Waals surface area contributed by atoms with Gasteiger partial charge in [-0.2, -0.15) is 4.37 Å². The van der Waals surface area contributed by atoms with Gasteiger partial charge in [0.05, 0.1) is 5.39 Å². The smallest absolute Gasteiger partial charge is 0.147 e. The molecule has 0 radical (unpaired) electrons. The number of nitrogens with two attached hydrogens (primary N) is 1. The zero-order chi connectivity index (χ0) is 8.84. The Hall–Kier alpha value is -1.20. The number of fused-ring (bicyclic) bond motifs is 3. The highest BCUT2D eigenvalue weighted by Crippen LogP contribution is 2.30. The van der Waals surface area contributed by atoms with E-state index in [1.165, 1.54) is 22.7 Å². The summed E-state index contributed by atoms with van der Waals surface area (Å²) < 4.78 is 4.10. The molecule has 3 heterocycles. The van der Waals surface area contributed by atoms with Crippen molar-refractivity contribution < 1.29 is 0 Å². The Morgan fingerprint density at radius 2 is 2.38 bits per heavy atom. The highest BCUT2D eigenvalue weighted by molar-refractivity contribution is 7.13. The first-order valence-electron chi connectivity index (χ1n) is 4.08. The Kier molecular flexibility index (Phi) is 1.33. The van der Waals surface area contributed by atoms with Gasteiger partial charge >= 0.3 is 0 Å². The van der Waals surface area contributed by atoms with Crippen molar-refractivity contribution in [3.05, 3.63) is 17.3 Å². The van der Waals surface area contributed by atoms with E-state index in [0.717, 1.165) is 23.3 Å². The second-order valence-corrected chi connectivity index (χ2v) is 3.87. The summed E-state index contributed by atoms with van der Waals surface area (Å²) in [6.45, 7) is 1.78. The molecule has 2 aromatic rings. The lowest BCUT2D eigenvalue weighted by Gasteiger charge is -1.98. The first-order chi connectivity index (χ1) is 6.36. The van der Waals surface area contributed by atoms with Gasteiger partial charge in [-0.3, -0.25) is 0 Å². The van der Waals surface area contributed by atoms with Gasteiger partial charge in [0.1, 0.15) is 10.6 Å². The minimum absolute atomic E-state index is 0.619.